The van der Waals surface area contributed by atoms with Crippen LogP contribution in [0.5, 0.6) is 0 Å². The fraction of sp³-hybridized carbons (Fsp3) is 0.381. The van der Waals surface area contributed by atoms with Crippen molar-refractivity contribution in [3.05, 3.63) is 65.7 Å². The number of nitrogens with one attached hydrogen (secondary N) is 1. The molecule has 1 aliphatic heterocycles. The van der Waals surface area contributed by atoms with Gasteiger partial charge in [-0.1, -0.05) is 42.5 Å². The van der Waals surface area contributed by atoms with Crippen LogP contribution in [0, 0.1) is 0 Å². The molecule has 3 rings (SSSR count). The molecule has 1 heterocycles. The van der Waals surface area contributed by atoms with Gasteiger partial charge in [-0.25, -0.2) is 0 Å². The van der Waals surface area contributed by atoms with E-state index in [1.54, 1.807) is 0 Å². The van der Waals surface area contributed by atoms with Crippen LogP contribution in [0.4, 0.5) is 5.69 Å². The minimum atomic E-state index is -0.557. The van der Waals surface area contributed by atoms with E-state index in [4.69, 9.17) is 10.5 Å². The molecule has 0 spiro atoms. The minimum Gasteiger partial charge on any atom is -0.379 e. The van der Waals surface area contributed by atoms with Crippen molar-refractivity contribution in [2.45, 2.75) is 18.9 Å². The number of morpholine rings is 1. The molecule has 1 unspecified atom stereocenters. The summed E-state index contributed by atoms with van der Waals surface area (Å²) in [7, 11) is 0. The highest BCUT2D eigenvalue weighted by Crippen LogP contribution is 2.12. The fourth-order valence-corrected chi connectivity index (χ4v) is 3.06. The molecule has 0 aromatic heterocycles. The Bertz CT molecular complexity index is 682. The molecule has 0 radical (unpaired) electrons. The minimum absolute atomic E-state index is 0.157. The van der Waals surface area contributed by atoms with Crippen molar-refractivity contribution in [3.63, 3.8) is 0 Å². The summed E-state index contributed by atoms with van der Waals surface area (Å²) in [4.78, 5) is 14.7. The van der Waals surface area contributed by atoms with Crippen LogP contribution in [0.15, 0.2) is 54.6 Å². The van der Waals surface area contributed by atoms with Gasteiger partial charge >= 0.3 is 0 Å². The summed E-state index contributed by atoms with van der Waals surface area (Å²) in [5.41, 5.74) is 9.15. The summed E-state index contributed by atoms with van der Waals surface area (Å²) in [5, 5.41) is 2.90. The number of carbonyl (C=O) groups excluding carboxylic acids is 1. The van der Waals surface area contributed by atoms with Gasteiger partial charge in [-0.15, -0.1) is 0 Å². The summed E-state index contributed by atoms with van der Waals surface area (Å²) in [6.07, 6.45) is 1.53. The Labute approximate surface area is 155 Å². The van der Waals surface area contributed by atoms with Gasteiger partial charge in [-0.3, -0.25) is 9.69 Å². The largest absolute Gasteiger partial charge is 0.379 e. The first-order valence-corrected chi connectivity index (χ1v) is 9.20. The number of rotatable bonds is 7. The summed E-state index contributed by atoms with van der Waals surface area (Å²) >= 11 is 0. The van der Waals surface area contributed by atoms with Gasteiger partial charge in [-0.2, -0.15) is 0 Å². The van der Waals surface area contributed by atoms with E-state index < -0.39 is 6.04 Å². The summed E-state index contributed by atoms with van der Waals surface area (Å²) in [6.45, 7) is 4.71. The van der Waals surface area contributed by atoms with Crippen molar-refractivity contribution < 1.29 is 9.53 Å². The average molecular weight is 353 g/mol. The Morgan fingerprint density at radius 1 is 1.04 bits per heavy atom. The van der Waals surface area contributed by atoms with Crippen molar-refractivity contribution >= 4 is 11.6 Å². The lowest BCUT2D eigenvalue weighted by molar-refractivity contribution is -0.117. The molecule has 1 aliphatic rings. The van der Waals surface area contributed by atoms with Crippen LogP contribution in [0.25, 0.3) is 0 Å². The van der Waals surface area contributed by atoms with Crippen LogP contribution in [-0.2, 0) is 22.4 Å². The molecule has 2 aromatic rings. The average Bonchev–Trinajstić information content (AvgIpc) is 2.69. The molecule has 5 heteroatoms. The van der Waals surface area contributed by atoms with E-state index in [-0.39, 0.29) is 5.91 Å². The molecule has 3 N–H and O–H groups in total. The van der Waals surface area contributed by atoms with E-state index in [1.807, 2.05) is 42.5 Å². The third kappa shape index (κ3) is 5.66. The first-order chi connectivity index (χ1) is 12.7. The van der Waals surface area contributed by atoms with Crippen molar-refractivity contribution in [2.75, 3.05) is 38.2 Å². The molecule has 1 saturated heterocycles. The number of amides is 1. The highest BCUT2D eigenvalue weighted by molar-refractivity contribution is 5.94. The maximum atomic E-state index is 12.3. The van der Waals surface area contributed by atoms with Gasteiger partial charge in [0, 0.05) is 25.3 Å². The van der Waals surface area contributed by atoms with Crippen LogP contribution >= 0.6 is 0 Å². The molecular formula is C21H27N3O2. The molecule has 138 valence electrons. The SMILES string of the molecule is NC(Cc1ccccc1)C(=O)Nc1ccc(CCN2CCOCC2)cc1. The predicted molar refractivity (Wildman–Crippen MR) is 104 cm³/mol. The molecule has 1 amide bonds. The summed E-state index contributed by atoms with van der Waals surface area (Å²) in [5.74, 6) is -0.157. The van der Waals surface area contributed by atoms with E-state index in [9.17, 15) is 4.79 Å². The first-order valence-electron chi connectivity index (χ1n) is 9.20. The number of nitrogens with zero attached hydrogens (tertiary/aromatic N) is 1. The van der Waals surface area contributed by atoms with Gasteiger partial charge in [0.05, 0.1) is 19.3 Å². The Kier molecular flexibility index (Phi) is 6.77. The number of anilines is 1. The second-order valence-corrected chi connectivity index (χ2v) is 6.69. The van der Waals surface area contributed by atoms with Crippen LogP contribution in [0.2, 0.25) is 0 Å². The van der Waals surface area contributed by atoms with Crippen molar-refractivity contribution in [2.24, 2.45) is 5.73 Å². The maximum Gasteiger partial charge on any atom is 0.241 e. The van der Waals surface area contributed by atoms with E-state index in [0.29, 0.717) is 6.42 Å². The quantitative estimate of drug-likeness (QED) is 0.800. The van der Waals surface area contributed by atoms with Crippen molar-refractivity contribution in [1.29, 1.82) is 0 Å². The number of nitrogens with two attached hydrogens (primary N) is 1. The van der Waals surface area contributed by atoms with Gasteiger partial charge in [0.25, 0.3) is 0 Å². The Morgan fingerprint density at radius 2 is 1.73 bits per heavy atom. The lowest BCUT2D eigenvalue weighted by atomic mass is 10.1. The number of carbonyl (C=O) groups is 1. The number of hydrogen-bond acceptors (Lipinski definition) is 4. The number of hydrogen-bond donors (Lipinski definition) is 2. The Hall–Kier alpha value is -2.21. The van der Waals surface area contributed by atoms with Crippen molar-refractivity contribution in [3.8, 4) is 0 Å². The third-order valence-corrected chi connectivity index (χ3v) is 4.68. The van der Waals surface area contributed by atoms with E-state index in [0.717, 1.165) is 50.5 Å². The lowest BCUT2D eigenvalue weighted by Crippen LogP contribution is -2.37. The van der Waals surface area contributed by atoms with E-state index >= 15 is 0 Å². The second-order valence-electron chi connectivity index (χ2n) is 6.69. The zero-order valence-electron chi connectivity index (χ0n) is 15.1. The molecule has 0 saturated carbocycles. The molecular weight excluding hydrogens is 326 g/mol. The van der Waals surface area contributed by atoms with E-state index in [2.05, 4.69) is 22.3 Å². The normalized spacial score (nSPS) is 16.2. The molecule has 5 nitrogen and oxygen atoms in total. The van der Waals surface area contributed by atoms with Crippen LogP contribution in [0.1, 0.15) is 11.1 Å². The van der Waals surface area contributed by atoms with Crippen LogP contribution in [0.3, 0.4) is 0 Å². The van der Waals surface area contributed by atoms with Gasteiger partial charge < -0.3 is 15.8 Å². The lowest BCUT2D eigenvalue weighted by Gasteiger charge is -2.26. The zero-order valence-corrected chi connectivity index (χ0v) is 15.1. The fourth-order valence-electron chi connectivity index (χ4n) is 3.06. The van der Waals surface area contributed by atoms with Gasteiger partial charge in [0.15, 0.2) is 0 Å². The van der Waals surface area contributed by atoms with Crippen LogP contribution in [-0.4, -0.2) is 49.7 Å². The molecule has 26 heavy (non-hydrogen) atoms. The second kappa shape index (κ2) is 9.48. The molecule has 1 atom stereocenters. The molecule has 2 aromatic carbocycles. The zero-order chi connectivity index (χ0) is 18.2. The predicted octanol–water partition coefficient (Wildman–Crippen LogP) is 2.07. The van der Waals surface area contributed by atoms with Gasteiger partial charge in [0.1, 0.15) is 0 Å². The molecule has 0 aliphatic carbocycles. The van der Waals surface area contributed by atoms with Crippen molar-refractivity contribution in [1.82, 2.24) is 4.90 Å². The third-order valence-electron chi connectivity index (χ3n) is 4.68. The number of ether oxygens (including phenoxy) is 1. The Morgan fingerprint density at radius 3 is 2.42 bits per heavy atom. The smallest absolute Gasteiger partial charge is 0.241 e. The topological polar surface area (TPSA) is 67.6 Å². The molecule has 1 fully saturated rings. The highest BCUT2D eigenvalue weighted by atomic mass is 16.5. The molecule has 0 bridgehead atoms. The number of benzene rings is 2. The highest BCUT2D eigenvalue weighted by Gasteiger charge is 2.14. The van der Waals surface area contributed by atoms with Gasteiger partial charge in [-0.05, 0) is 36.1 Å². The summed E-state index contributed by atoms with van der Waals surface area (Å²) < 4.78 is 5.37. The Balaban J connectivity index is 1.46. The van der Waals surface area contributed by atoms with Gasteiger partial charge in [0.2, 0.25) is 5.91 Å². The first kappa shape index (κ1) is 18.6. The van der Waals surface area contributed by atoms with E-state index in [1.165, 1.54) is 5.56 Å². The maximum absolute atomic E-state index is 12.3. The van der Waals surface area contributed by atoms with Crippen LogP contribution < -0.4 is 11.1 Å². The monoisotopic (exact) mass is 353 g/mol. The summed E-state index contributed by atoms with van der Waals surface area (Å²) in [6, 6.07) is 17.3. The standard InChI is InChI=1S/C21H27N3O2/c22-20(16-18-4-2-1-3-5-18)21(25)23-19-8-6-17(7-9-19)10-11-24-12-14-26-15-13-24/h1-9,20H,10-16,22H2,(H,23,25).